The normalized spacial score (nSPS) is 17.0. The van der Waals surface area contributed by atoms with Gasteiger partial charge in [-0.1, -0.05) is 0 Å². The first-order valence-electron chi connectivity index (χ1n) is 9.16. The molecule has 9 heteroatoms. The second-order valence-corrected chi connectivity index (χ2v) is 6.93. The van der Waals surface area contributed by atoms with Crippen molar-refractivity contribution in [3.63, 3.8) is 0 Å². The highest BCUT2D eigenvalue weighted by Gasteiger charge is 2.18. The number of aromatic nitrogens is 4. The highest BCUT2D eigenvalue weighted by atomic mass is 16.5. The highest BCUT2D eigenvalue weighted by Crippen LogP contribution is 2.26. The monoisotopic (exact) mass is 381 g/mol. The van der Waals surface area contributed by atoms with Gasteiger partial charge in [0.2, 0.25) is 0 Å². The van der Waals surface area contributed by atoms with E-state index in [0.717, 1.165) is 36.4 Å². The average Bonchev–Trinajstić information content (AvgIpc) is 3.06. The van der Waals surface area contributed by atoms with Crippen molar-refractivity contribution in [3.8, 4) is 5.75 Å². The maximum atomic E-state index is 12.8. The van der Waals surface area contributed by atoms with Crippen LogP contribution < -0.4 is 20.3 Å². The minimum atomic E-state index is -0.305. The standard InChI is InChI=1S/C19H23N7O2/c1-12-10-26(5-4-20-12)18-9-21-17(8-22-18)23-19(27)14-6-13-11-25(2)24-15(13)7-16(14)28-3/h6-9,11-12,20H,4-5,10H2,1-3H3,(H,21,23,27)/t12-/m0/s1. The smallest absolute Gasteiger partial charge is 0.260 e. The van der Waals surface area contributed by atoms with Gasteiger partial charge >= 0.3 is 0 Å². The number of carbonyl (C=O) groups excluding carboxylic acids is 1. The van der Waals surface area contributed by atoms with Crippen LogP contribution in [0, 0.1) is 0 Å². The van der Waals surface area contributed by atoms with Crippen molar-refractivity contribution in [2.24, 2.45) is 7.05 Å². The fraction of sp³-hybridized carbons (Fsp3) is 0.368. The van der Waals surface area contributed by atoms with Gasteiger partial charge in [0.15, 0.2) is 5.82 Å². The van der Waals surface area contributed by atoms with Crippen LogP contribution in [0.3, 0.4) is 0 Å². The summed E-state index contributed by atoms with van der Waals surface area (Å²) in [5.74, 6) is 1.36. The minimum Gasteiger partial charge on any atom is -0.496 e. The number of rotatable bonds is 4. The molecular formula is C19H23N7O2. The molecule has 28 heavy (non-hydrogen) atoms. The SMILES string of the molecule is COc1cc2nn(C)cc2cc1C(=O)Nc1cnc(N2CCN[C@@H](C)C2)cn1. The molecule has 1 saturated heterocycles. The Labute approximate surface area is 162 Å². The van der Waals surface area contributed by atoms with Crippen molar-refractivity contribution in [2.45, 2.75) is 13.0 Å². The predicted molar refractivity (Wildman–Crippen MR) is 107 cm³/mol. The van der Waals surface area contributed by atoms with Crippen LogP contribution in [-0.2, 0) is 7.05 Å². The molecule has 0 saturated carbocycles. The molecule has 0 radical (unpaired) electrons. The van der Waals surface area contributed by atoms with Crippen LogP contribution in [0.2, 0.25) is 0 Å². The Kier molecular flexibility index (Phi) is 4.82. The Morgan fingerprint density at radius 1 is 1.32 bits per heavy atom. The third-order valence-corrected chi connectivity index (χ3v) is 4.76. The van der Waals surface area contributed by atoms with Gasteiger partial charge in [-0.15, -0.1) is 0 Å². The Hall–Kier alpha value is -3.20. The van der Waals surface area contributed by atoms with Gasteiger partial charge in [-0.3, -0.25) is 9.48 Å². The molecule has 146 valence electrons. The lowest BCUT2D eigenvalue weighted by Crippen LogP contribution is -2.49. The Bertz CT molecular complexity index is 999. The van der Waals surface area contributed by atoms with E-state index in [-0.39, 0.29) is 5.91 Å². The summed E-state index contributed by atoms with van der Waals surface area (Å²) in [6.45, 7) is 4.81. The van der Waals surface area contributed by atoms with Crippen LogP contribution in [0.25, 0.3) is 10.9 Å². The lowest BCUT2D eigenvalue weighted by atomic mass is 10.1. The number of nitrogens with zero attached hydrogens (tertiary/aromatic N) is 5. The number of benzene rings is 1. The number of anilines is 2. The number of fused-ring (bicyclic) bond motifs is 1. The van der Waals surface area contributed by atoms with Gasteiger partial charge in [0.05, 0.1) is 30.6 Å². The number of hydrogen-bond donors (Lipinski definition) is 2. The first-order valence-corrected chi connectivity index (χ1v) is 9.16. The van der Waals surface area contributed by atoms with E-state index >= 15 is 0 Å². The fourth-order valence-electron chi connectivity index (χ4n) is 3.40. The van der Waals surface area contributed by atoms with Crippen LogP contribution in [0.1, 0.15) is 17.3 Å². The van der Waals surface area contributed by atoms with Gasteiger partial charge in [-0.2, -0.15) is 5.10 Å². The summed E-state index contributed by atoms with van der Waals surface area (Å²) in [4.78, 5) is 23.8. The van der Waals surface area contributed by atoms with E-state index in [1.54, 1.807) is 29.2 Å². The molecule has 1 atom stereocenters. The molecule has 3 aromatic rings. The van der Waals surface area contributed by atoms with E-state index in [2.05, 4.69) is 37.5 Å². The molecule has 2 N–H and O–H groups in total. The van der Waals surface area contributed by atoms with Crippen molar-refractivity contribution in [1.82, 2.24) is 25.1 Å². The largest absolute Gasteiger partial charge is 0.496 e. The fourth-order valence-corrected chi connectivity index (χ4v) is 3.40. The Balaban J connectivity index is 1.52. The lowest BCUT2D eigenvalue weighted by molar-refractivity contribution is 0.102. The van der Waals surface area contributed by atoms with Crippen molar-refractivity contribution in [2.75, 3.05) is 37.0 Å². The predicted octanol–water partition coefficient (Wildman–Crippen LogP) is 1.42. The summed E-state index contributed by atoms with van der Waals surface area (Å²) >= 11 is 0. The maximum absolute atomic E-state index is 12.8. The number of hydrogen-bond acceptors (Lipinski definition) is 7. The quantitative estimate of drug-likeness (QED) is 0.705. The number of aryl methyl sites for hydroxylation is 1. The van der Waals surface area contributed by atoms with E-state index in [9.17, 15) is 4.79 Å². The molecule has 0 aliphatic carbocycles. The summed E-state index contributed by atoms with van der Waals surface area (Å²) in [6, 6.07) is 3.93. The number of nitrogens with one attached hydrogen (secondary N) is 2. The van der Waals surface area contributed by atoms with Gasteiger partial charge in [-0.25, -0.2) is 9.97 Å². The van der Waals surface area contributed by atoms with E-state index in [1.807, 2.05) is 13.2 Å². The number of ether oxygens (including phenoxy) is 1. The van der Waals surface area contributed by atoms with Crippen molar-refractivity contribution < 1.29 is 9.53 Å². The van der Waals surface area contributed by atoms with E-state index < -0.39 is 0 Å². The van der Waals surface area contributed by atoms with Gasteiger partial charge in [-0.05, 0) is 13.0 Å². The molecule has 0 unspecified atom stereocenters. The Morgan fingerprint density at radius 3 is 2.89 bits per heavy atom. The Morgan fingerprint density at radius 2 is 2.18 bits per heavy atom. The number of piperazine rings is 1. The third kappa shape index (κ3) is 3.61. The van der Waals surface area contributed by atoms with Crippen LogP contribution in [0.4, 0.5) is 11.6 Å². The van der Waals surface area contributed by atoms with E-state index in [4.69, 9.17) is 4.74 Å². The number of methoxy groups -OCH3 is 1. The molecule has 9 nitrogen and oxygen atoms in total. The first-order chi connectivity index (χ1) is 13.5. The molecule has 0 spiro atoms. The lowest BCUT2D eigenvalue weighted by Gasteiger charge is -2.32. The van der Waals surface area contributed by atoms with Gasteiger partial charge in [0.1, 0.15) is 11.6 Å². The van der Waals surface area contributed by atoms with Crippen LogP contribution >= 0.6 is 0 Å². The van der Waals surface area contributed by atoms with Crippen LogP contribution in [0.15, 0.2) is 30.7 Å². The van der Waals surface area contributed by atoms with Gasteiger partial charge in [0.25, 0.3) is 5.91 Å². The zero-order valence-electron chi connectivity index (χ0n) is 16.1. The molecule has 3 heterocycles. The first kappa shape index (κ1) is 18.2. The molecule has 1 aromatic carbocycles. The zero-order chi connectivity index (χ0) is 19.7. The van der Waals surface area contributed by atoms with Crippen LogP contribution in [-0.4, -0.2) is 58.4 Å². The number of carbonyl (C=O) groups is 1. The van der Waals surface area contributed by atoms with E-state index in [0.29, 0.717) is 23.2 Å². The number of amides is 1. The van der Waals surface area contributed by atoms with E-state index in [1.165, 1.54) is 7.11 Å². The van der Waals surface area contributed by atoms with Gasteiger partial charge in [0, 0.05) is 50.4 Å². The molecule has 1 fully saturated rings. The molecular weight excluding hydrogens is 358 g/mol. The van der Waals surface area contributed by atoms with Crippen molar-refractivity contribution >= 4 is 28.4 Å². The molecule has 1 aliphatic heterocycles. The summed E-state index contributed by atoms with van der Waals surface area (Å²) in [5, 5.41) is 11.4. The van der Waals surface area contributed by atoms with Crippen LogP contribution in [0.5, 0.6) is 5.75 Å². The molecule has 2 aromatic heterocycles. The average molecular weight is 381 g/mol. The summed E-state index contributed by atoms with van der Waals surface area (Å²) in [6.07, 6.45) is 5.12. The molecule has 1 aliphatic rings. The summed E-state index contributed by atoms with van der Waals surface area (Å²) in [5.41, 5.74) is 1.19. The maximum Gasteiger partial charge on any atom is 0.260 e. The topological polar surface area (TPSA) is 97.2 Å². The van der Waals surface area contributed by atoms with Gasteiger partial charge < -0.3 is 20.3 Å². The second kappa shape index (κ2) is 7.43. The molecule has 0 bridgehead atoms. The summed E-state index contributed by atoms with van der Waals surface area (Å²) < 4.78 is 7.07. The molecule has 4 rings (SSSR count). The minimum absolute atomic E-state index is 0.305. The molecule has 1 amide bonds. The zero-order valence-corrected chi connectivity index (χ0v) is 16.1. The summed E-state index contributed by atoms with van der Waals surface area (Å²) in [7, 11) is 3.37. The van der Waals surface area contributed by atoms with Crippen molar-refractivity contribution in [3.05, 3.63) is 36.3 Å². The second-order valence-electron chi connectivity index (χ2n) is 6.93. The highest BCUT2D eigenvalue weighted by molar-refractivity contribution is 6.08. The van der Waals surface area contributed by atoms with Crippen molar-refractivity contribution in [1.29, 1.82) is 0 Å². The third-order valence-electron chi connectivity index (χ3n) is 4.76.